The maximum absolute atomic E-state index is 12.5. The third-order valence-corrected chi connectivity index (χ3v) is 4.02. The molecule has 1 amide bonds. The number of hydrogen-bond donors (Lipinski definition) is 2. The molecular formula is C16H26N2O4. The summed E-state index contributed by atoms with van der Waals surface area (Å²) in [7, 11) is 4.54. The van der Waals surface area contributed by atoms with Crippen molar-refractivity contribution < 1.29 is 19.0 Å². The number of carbonyl (C=O) groups is 1. The average Bonchev–Trinajstić information content (AvgIpc) is 2.52. The molecule has 124 valence electrons. The van der Waals surface area contributed by atoms with E-state index in [1.54, 1.807) is 12.1 Å². The summed E-state index contributed by atoms with van der Waals surface area (Å²) < 4.78 is 15.8. The van der Waals surface area contributed by atoms with Crippen LogP contribution in [0.2, 0.25) is 0 Å². The zero-order valence-corrected chi connectivity index (χ0v) is 14.1. The molecule has 1 aromatic carbocycles. The lowest BCUT2D eigenvalue weighted by Crippen LogP contribution is -2.55. The van der Waals surface area contributed by atoms with Gasteiger partial charge in [-0.15, -0.1) is 0 Å². The number of hydrogen-bond acceptors (Lipinski definition) is 5. The van der Waals surface area contributed by atoms with Gasteiger partial charge in [0.2, 0.25) is 5.75 Å². The highest BCUT2D eigenvalue weighted by Crippen LogP contribution is 2.38. The molecule has 0 saturated heterocycles. The summed E-state index contributed by atoms with van der Waals surface area (Å²) in [6.07, 6.45) is 0. The van der Waals surface area contributed by atoms with Crippen molar-refractivity contribution in [1.82, 2.24) is 5.32 Å². The van der Waals surface area contributed by atoms with Crippen molar-refractivity contribution in [2.24, 2.45) is 11.7 Å². The van der Waals surface area contributed by atoms with Gasteiger partial charge in [-0.05, 0) is 25.0 Å². The smallest absolute Gasteiger partial charge is 0.252 e. The van der Waals surface area contributed by atoms with E-state index in [2.05, 4.69) is 5.32 Å². The second kappa shape index (κ2) is 7.35. The lowest BCUT2D eigenvalue weighted by Gasteiger charge is -2.33. The van der Waals surface area contributed by atoms with E-state index in [0.29, 0.717) is 29.4 Å². The fraction of sp³-hybridized carbons (Fsp3) is 0.562. The van der Waals surface area contributed by atoms with Gasteiger partial charge in [-0.3, -0.25) is 4.79 Å². The largest absolute Gasteiger partial charge is 0.493 e. The van der Waals surface area contributed by atoms with Gasteiger partial charge in [0.15, 0.2) is 11.5 Å². The van der Waals surface area contributed by atoms with Crippen LogP contribution in [-0.4, -0.2) is 39.3 Å². The molecule has 0 aliphatic rings. The number of carbonyl (C=O) groups excluding carboxylic acids is 1. The van der Waals surface area contributed by atoms with E-state index in [9.17, 15) is 4.79 Å². The molecule has 0 fully saturated rings. The number of methoxy groups -OCH3 is 3. The summed E-state index contributed by atoms with van der Waals surface area (Å²) in [4.78, 5) is 12.5. The summed E-state index contributed by atoms with van der Waals surface area (Å²) >= 11 is 0. The molecule has 0 saturated carbocycles. The molecule has 1 aromatic rings. The van der Waals surface area contributed by atoms with E-state index in [1.807, 2.05) is 20.8 Å². The molecule has 0 bridgehead atoms. The molecule has 0 aromatic heterocycles. The first kappa shape index (κ1) is 18.1. The minimum atomic E-state index is -0.489. The Hall–Kier alpha value is -1.95. The van der Waals surface area contributed by atoms with Gasteiger partial charge in [0.1, 0.15) is 0 Å². The molecule has 22 heavy (non-hydrogen) atoms. The average molecular weight is 310 g/mol. The molecule has 6 nitrogen and oxygen atoms in total. The van der Waals surface area contributed by atoms with Crippen molar-refractivity contribution in [2.45, 2.75) is 26.3 Å². The van der Waals surface area contributed by atoms with Crippen LogP contribution in [-0.2, 0) is 0 Å². The van der Waals surface area contributed by atoms with Gasteiger partial charge < -0.3 is 25.3 Å². The Morgan fingerprint density at radius 2 is 1.68 bits per heavy atom. The predicted molar refractivity (Wildman–Crippen MR) is 85.9 cm³/mol. The Kier molecular flexibility index (Phi) is 6.05. The van der Waals surface area contributed by atoms with Crippen LogP contribution in [0.15, 0.2) is 12.1 Å². The molecule has 0 spiro atoms. The van der Waals surface area contributed by atoms with Gasteiger partial charge in [-0.2, -0.15) is 0 Å². The van der Waals surface area contributed by atoms with Crippen molar-refractivity contribution in [1.29, 1.82) is 0 Å². The fourth-order valence-corrected chi connectivity index (χ4v) is 1.97. The number of rotatable bonds is 7. The Morgan fingerprint density at radius 1 is 1.18 bits per heavy atom. The summed E-state index contributed by atoms with van der Waals surface area (Å²) in [6, 6.07) is 3.24. The quantitative estimate of drug-likeness (QED) is 0.802. The summed E-state index contributed by atoms with van der Waals surface area (Å²) in [5.74, 6) is 1.29. The molecule has 0 aliphatic heterocycles. The van der Waals surface area contributed by atoms with E-state index in [-0.39, 0.29) is 11.8 Å². The minimum Gasteiger partial charge on any atom is -0.493 e. The first-order valence-electron chi connectivity index (χ1n) is 7.15. The lowest BCUT2D eigenvalue weighted by atomic mass is 9.88. The number of nitrogens with one attached hydrogen (secondary N) is 1. The molecule has 6 heteroatoms. The second-order valence-electron chi connectivity index (χ2n) is 5.64. The van der Waals surface area contributed by atoms with Crippen LogP contribution in [0.25, 0.3) is 0 Å². The second-order valence-corrected chi connectivity index (χ2v) is 5.64. The molecule has 0 radical (unpaired) electrons. The monoisotopic (exact) mass is 310 g/mol. The van der Waals surface area contributed by atoms with Crippen molar-refractivity contribution in [3.05, 3.63) is 17.7 Å². The van der Waals surface area contributed by atoms with Crippen LogP contribution in [0.5, 0.6) is 17.2 Å². The normalized spacial score (nSPS) is 13.5. The van der Waals surface area contributed by atoms with Crippen LogP contribution >= 0.6 is 0 Å². The SMILES string of the molecule is COc1cc(C(=O)NC(C)(CN)C(C)C)cc(OC)c1OC. The Bertz CT molecular complexity index is 506. The Labute approximate surface area is 131 Å². The highest BCUT2D eigenvalue weighted by Gasteiger charge is 2.29. The summed E-state index contributed by atoms with van der Waals surface area (Å²) in [5, 5.41) is 2.98. The lowest BCUT2D eigenvalue weighted by molar-refractivity contribution is 0.0882. The van der Waals surface area contributed by atoms with E-state index in [4.69, 9.17) is 19.9 Å². The van der Waals surface area contributed by atoms with Gasteiger partial charge >= 0.3 is 0 Å². The first-order chi connectivity index (χ1) is 10.3. The summed E-state index contributed by atoms with van der Waals surface area (Å²) in [6.45, 7) is 6.30. The van der Waals surface area contributed by atoms with Gasteiger partial charge in [0.25, 0.3) is 5.91 Å². The van der Waals surface area contributed by atoms with Gasteiger partial charge in [-0.25, -0.2) is 0 Å². The van der Waals surface area contributed by atoms with Crippen molar-refractivity contribution in [3.63, 3.8) is 0 Å². The van der Waals surface area contributed by atoms with Crippen LogP contribution in [0, 0.1) is 5.92 Å². The number of amides is 1. The Morgan fingerprint density at radius 3 is 2.00 bits per heavy atom. The molecule has 1 rings (SSSR count). The molecular weight excluding hydrogens is 284 g/mol. The molecule has 0 aliphatic carbocycles. The summed E-state index contributed by atoms with van der Waals surface area (Å²) in [5.41, 5.74) is 5.75. The van der Waals surface area contributed by atoms with Crippen LogP contribution in [0.1, 0.15) is 31.1 Å². The first-order valence-corrected chi connectivity index (χ1v) is 7.15. The van der Waals surface area contributed by atoms with Crippen molar-refractivity contribution >= 4 is 5.91 Å². The highest BCUT2D eigenvalue weighted by molar-refractivity contribution is 5.96. The standard InChI is InChI=1S/C16H26N2O4/c1-10(2)16(3,9-17)18-15(19)11-7-12(20-4)14(22-6)13(8-11)21-5/h7-8,10H,9,17H2,1-6H3,(H,18,19). The molecule has 1 atom stereocenters. The van der Waals surface area contributed by atoms with E-state index >= 15 is 0 Å². The number of nitrogens with two attached hydrogens (primary N) is 1. The van der Waals surface area contributed by atoms with Crippen LogP contribution < -0.4 is 25.3 Å². The highest BCUT2D eigenvalue weighted by atomic mass is 16.5. The van der Waals surface area contributed by atoms with E-state index in [1.165, 1.54) is 21.3 Å². The van der Waals surface area contributed by atoms with Crippen molar-refractivity contribution in [2.75, 3.05) is 27.9 Å². The van der Waals surface area contributed by atoms with Gasteiger partial charge in [-0.1, -0.05) is 13.8 Å². The maximum Gasteiger partial charge on any atom is 0.252 e. The molecule has 0 heterocycles. The Balaban J connectivity index is 3.19. The third kappa shape index (κ3) is 3.62. The molecule has 1 unspecified atom stereocenters. The van der Waals surface area contributed by atoms with Crippen LogP contribution in [0.4, 0.5) is 0 Å². The van der Waals surface area contributed by atoms with Gasteiger partial charge in [0, 0.05) is 12.1 Å². The fourth-order valence-electron chi connectivity index (χ4n) is 1.97. The van der Waals surface area contributed by atoms with E-state index in [0.717, 1.165) is 0 Å². The maximum atomic E-state index is 12.5. The van der Waals surface area contributed by atoms with Crippen molar-refractivity contribution in [3.8, 4) is 17.2 Å². The number of ether oxygens (including phenoxy) is 3. The minimum absolute atomic E-state index is 0.198. The third-order valence-electron chi connectivity index (χ3n) is 4.02. The predicted octanol–water partition coefficient (Wildman–Crippen LogP) is 1.82. The topological polar surface area (TPSA) is 82.8 Å². The zero-order chi connectivity index (χ0) is 16.9. The van der Waals surface area contributed by atoms with Gasteiger partial charge in [0.05, 0.1) is 26.9 Å². The zero-order valence-electron chi connectivity index (χ0n) is 14.1. The number of benzene rings is 1. The van der Waals surface area contributed by atoms with E-state index < -0.39 is 5.54 Å². The molecule has 3 N–H and O–H groups in total. The van der Waals surface area contributed by atoms with Crippen LogP contribution in [0.3, 0.4) is 0 Å².